The van der Waals surface area contributed by atoms with Crippen LogP contribution in [0.4, 0.5) is 0 Å². The van der Waals surface area contributed by atoms with E-state index in [1.54, 1.807) is 0 Å². The molecule has 0 aromatic heterocycles. The molecule has 82 valence electrons. The number of terminal acetylenes is 1. The van der Waals surface area contributed by atoms with Crippen LogP contribution in [0.5, 0.6) is 0 Å². The van der Waals surface area contributed by atoms with Crippen molar-refractivity contribution >= 4 is 0 Å². The maximum absolute atomic E-state index is 5.17. The third-order valence-electron chi connectivity index (χ3n) is 2.54. The lowest BCUT2D eigenvalue weighted by Crippen LogP contribution is -2.25. The Balaban J connectivity index is 3.07. The number of hydrogen-bond acceptors (Lipinski definition) is 1. The molecule has 1 N–H and O–H groups in total. The molecule has 0 radical (unpaired) electrons. The molecule has 0 aliphatic rings. The highest BCUT2D eigenvalue weighted by molar-refractivity contribution is 4.87. The summed E-state index contributed by atoms with van der Waals surface area (Å²) in [7, 11) is 0. The van der Waals surface area contributed by atoms with Gasteiger partial charge < -0.3 is 5.32 Å². The van der Waals surface area contributed by atoms with Crippen LogP contribution in [0.25, 0.3) is 0 Å². The van der Waals surface area contributed by atoms with Gasteiger partial charge in [0.15, 0.2) is 0 Å². The Bertz CT molecular complexity index is 146. The summed E-state index contributed by atoms with van der Waals surface area (Å²) in [6.45, 7) is 5.17. The first kappa shape index (κ1) is 13.5. The summed E-state index contributed by atoms with van der Waals surface area (Å²) in [5.41, 5.74) is 0. The minimum absolute atomic E-state index is 0.581. The molecule has 0 rings (SSSR count). The van der Waals surface area contributed by atoms with Crippen molar-refractivity contribution in [2.45, 2.75) is 64.8 Å². The van der Waals surface area contributed by atoms with Gasteiger partial charge in [-0.1, -0.05) is 51.4 Å². The van der Waals surface area contributed by atoms with Gasteiger partial charge in [-0.05, 0) is 13.3 Å². The summed E-state index contributed by atoms with van der Waals surface area (Å²) >= 11 is 0. The van der Waals surface area contributed by atoms with Gasteiger partial charge in [-0.2, -0.15) is 0 Å². The predicted octanol–water partition coefficient (Wildman–Crippen LogP) is 3.35. The summed E-state index contributed by atoms with van der Waals surface area (Å²) in [5, 5.41) is 3.30. The van der Waals surface area contributed by atoms with Crippen molar-refractivity contribution in [1.29, 1.82) is 0 Å². The van der Waals surface area contributed by atoms with E-state index in [2.05, 4.69) is 25.1 Å². The molecule has 0 aliphatic carbocycles. The van der Waals surface area contributed by atoms with E-state index >= 15 is 0 Å². The average Bonchev–Trinajstić information content (AvgIpc) is 2.20. The second kappa shape index (κ2) is 10.6. The van der Waals surface area contributed by atoms with Gasteiger partial charge in [0.2, 0.25) is 0 Å². The highest BCUT2D eigenvalue weighted by atomic mass is 14.9. The average molecular weight is 195 g/mol. The molecule has 1 atom stereocenters. The number of hydrogen-bond donors (Lipinski definition) is 1. The third kappa shape index (κ3) is 9.61. The molecule has 0 saturated carbocycles. The van der Waals surface area contributed by atoms with Crippen LogP contribution < -0.4 is 5.32 Å². The minimum atomic E-state index is 0.581. The smallest absolute Gasteiger partial charge is 0.0575 e. The van der Waals surface area contributed by atoms with Gasteiger partial charge in [0.05, 0.1) is 6.54 Å². The molecular weight excluding hydrogens is 170 g/mol. The van der Waals surface area contributed by atoms with E-state index in [0.717, 1.165) is 0 Å². The summed E-state index contributed by atoms with van der Waals surface area (Å²) < 4.78 is 0. The van der Waals surface area contributed by atoms with Gasteiger partial charge in [0, 0.05) is 6.04 Å². The molecule has 0 aromatic rings. The van der Waals surface area contributed by atoms with Crippen LogP contribution in [-0.2, 0) is 0 Å². The van der Waals surface area contributed by atoms with Gasteiger partial charge in [-0.3, -0.25) is 0 Å². The molecule has 0 aliphatic heterocycles. The first-order valence-electron chi connectivity index (χ1n) is 5.98. The lowest BCUT2D eigenvalue weighted by molar-refractivity contribution is 0.498. The van der Waals surface area contributed by atoms with Crippen LogP contribution in [-0.4, -0.2) is 12.6 Å². The van der Waals surface area contributed by atoms with Crippen molar-refractivity contribution in [2.75, 3.05) is 6.54 Å². The second-order valence-corrected chi connectivity index (χ2v) is 4.04. The van der Waals surface area contributed by atoms with E-state index < -0.39 is 0 Å². The van der Waals surface area contributed by atoms with E-state index in [0.29, 0.717) is 12.6 Å². The van der Waals surface area contributed by atoms with Crippen LogP contribution in [0.3, 0.4) is 0 Å². The van der Waals surface area contributed by atoms with Gasteiger partial charge in [-0.15, -0.1) is 6.42 Å². The fourth-order valence-corrected chi connectivity index (χ4v) is 1.57. The van der Waals surface area contributed by atoms with Gasteiger partial charge >= 0.3 is 0 Å². The molecule has 0 amide bonds. The molecular formula is C13H25N. The second-order valence-electron chi connectivity index (χ2n) is 4.04. The molecule has 14 heavy (non-hydrogen) atoms. The maximum Gasteiger partial charge on any atom is 0.0575 e. The lowest BCUT2D eigenvalue weighted by Gasteiger charge is -2.10. The van der Waals surface area contributed by atoms with Crippen LogP contribution in [0.2, 0.25) is 0 Å². The first-order chi connectivity index (χ1) is 6.81. The Morgan fingerprint density at radius 3 is 2.43 bits per heavy atom. The monoisotopic (exact) mass is 195 g/mol. The normalized spacial score (nSPS) is 12.4. The van der Waals surface area contributed by atoms with Crippen molar-refractivity contribution in [3.63, 3.8) is 0 Å². The standard InChI is InChI=1S/C13H25N/c1-4-6-7-8-9-10-11-13(3)14-12-5-2/h2,13-14H,4,6-12H2,1,3H3. The van der Waals surface area contributed by atoms with Crippen molar-refractivity contribution < 1.29 is 0 Å². The Hall–Kier alpha value is -0.480. The Morgan fingerprint density at radius 2 is 1.79 bits per heavy atom. The van der Waals surface area contributed by atoms with E-state index in [4.69, 9.17) is 6.42 Å². The van der Waals surface area contributed by atoms with Crippen LogP contribution in [0.15, 0.2) is 0 Å². The molecule has 1 nitrogen and oxygen atoms in total. The van der Waals surface area contributed by atoms with Gasteiger partial charge in [0.1, 0.15) is 0 Å². The van der Waals surface area contributed by atoms with E-state index in [9.17, 15) is 0 Å². The summed E-state index contributed by atoms with van der Waals surface area (Å²) in [6.07, 6.45) is 14.7. The lowest BCUT2D eigenvalue weighted by atomic mass is 10.1. The van der Waals surface area contributed by atoms with Crippen LogP contribution in [0.1, 0.15) is 58.8 Å². The molecule has 0 aromatic carbocycles. The summed E-state index contributed by atoms with van der Waals surface area (Å²) in [5.74, 6) is 2.61. The van der Waals surface area contributed by atoms with Gasteiger partial charge in [-0.25, -0.2) is 0 Å². The molecule has 0 spiro atoms. The van der Waals surface area contributed by atoms with Crippen LogP contribution in [0, 0.1) is 12.3 Å². The number of nitrogens with one attached hydrogen (secondary N) is 1. The highest BCUT2D eigenvalue weighted by Crippen LogP contribution is 2.08. The number of unbranched alkanes of at least 4 members (excludes halogenated alkanes) is 5. The Labute approximate surface area is 89.7 Å². The van der Waals surface area contributed by atoms with Crippen molar-refractivity contribution in [3.05, 3.63) is 0 Å². The quantitative estimate of drug-likeness (QED) is 0.439. The largest absolute Gasteiger partial charge is 0.304 e. The molecule has 0 bridgehead atoms. The SMILES string of the molecule is C#CCNC(C)CCCCCCCC. The van der Waals surface area contributed by atoms with Crippen molar-refractivity contribution in [2.24, 2.45) is 0 Å². The van der Waals surface area contributed by atoms with Crippen molar-refractivity contribution in [3.8, 4) is 12.3 Å². The predicted molar refractivity (Wildman–Crippen MR) is 64.3 cm³/mol. The maximum atomic E-state index is 5.17. The molecule has 1 unspecified atom stereocenters. The Kier molecular flexibility index (Phi) is 10.2. The summed E-state index contributed by atoms with van der Waals surface area (Å²) in [6, 6.07) is 0.581. The van der Waals surface area contributed by atoms with E-state index in [1.807, 2.05) is 0 Å². The Morgan fingerprint density at radius 1 is 1.14 bits per heavy atom. The summed E-state index contributed by atoms with van der Waals surface area (Å²) in [4.78, 5) is 0. The highest BCUT2D eigenvalue weighted by Gasteiger charge is 1.98. The van der Waals surface area contributed by atoms with Crippen molar-refractivity contribution in [1.82, 2.24) is 5.32 Å². The topological polar surface area (TPSA) is 12.0 Å². The zero-order chi connectivity index (χ0) is 10.6. The fourth-order valence-electron chi connectivity index (χ4n) is 1.57. The zero-order valence-electron chi connectivity index (χ0n) is 9.81. The first-order valence-corrected chi connectivity index (χ1v) is 5.98. The fraction of sp³-hybridized carbons (Fsp3) is 0.846. The molecule has 0 fully saturated rings. The molecule has 0 heterocycles. The van der Waals surface area contributed by atoms with Crippen LogP contribution >= 0.6 is 0 Å². The zero-order valence-corrected chi connectivity index (χ0v) is 9.81. The number of rotatable bonds is 9. The van der Waals surface area contributed by atoms with E-state index in [-0.39, 0.29) is 0 Å². The third-order valence-corrected chi connectivity index (χ3v) is 2.54. The van der Waals surface area contributed by atoms with Gasteiger partial charge in [0.25, 0.3) is 0 Å². The molecule has 1 heteroatoms. The molecule has 0 saturated heterocycles. The minimum Gasteiger partial charge on any atom is -0.304 e. The van der Waals surface area contributed by atoms with E-state index in [1.165, 1.54) is 44.9 Å².